The first-order chi connectivity index (χ1) is 18.2. The Balaban J connectivity index is 1.18. The monoisotopic (exact) mass is 522 g/mol. The van der Waals surface area contributed by atoms with Crippen molar-refractivity contribution >= 4 is 33.3 Å². The standard InChI is InChI=1S/C26H34N8O2S/c1-36-18-8-10-28-21(15-18)33-11-13-34(14-12-33)26-31-23(29-17-5-4-9-27-16-17)22(24(35)32-26)25-30-19-6-2-3-7-20(19)37-25/h2-3,6-8,10,15,17,22-23,26-27,29,31H,4-5,9,11-14,16H2,1H3,(H,32,35)/t17-,22?,23?,26?/m1/s1. The summed E-state index contributed by atoms with van der Waals surface area (Å²) in [5.41, 5.74) is 0.942. The number of fused-ring (bicyclic) bond motifs is 1. The molecule has 3 saturated heterocycles. The minimum absolute atomic E-state index is 0.0148. The molecule has 37 heavy (non-hydrogen) atoms. The number of hydrogen-bond donors (Lipinski definition) is 4. The number of nitrogens with zero attached hydrogens (tertiary/aromatic N) is 4. The zero-order valence-electron chi connectivity index (χ0n) is 21.0. The van der Waals surface area contributed by atoms with Gasteiger partial charge in [-0.25, -0.2) is 9.97 Å². The average Bonchev–Trinajstić information content (AvgIpc) is 3.37. The summed E-state index contributed by atoms with van der Waals surface area (Å²) in [6.07, 6.45) is 3.56. The number of benzene rings is 1. The second-order valence-corrected chi connectivity index (χ2v) is 10.9. The van der Waals surface area contributed by atoms with Crippen LogP contribution in [0.5, 0.6) is 5.75 Å². The number of anilines is 1. The highest BCUT2D eigenvalue weighted by Gasteiger charge is 2.42. The van der Waals surface area contributed by atoms with Gasteiger partial charge in [0.05, 0.1) is 23.5 Å². The third-order valence-electron chi connectivity index (χ3n) is 7.48. The fraction of sp³-hybridized carbons (Fsp3) is 0.500. The van der Waals surface area contributed by atoms with Crippen molar-refractivity contribution in [2.45, 2.75) is 37.3 Å². The lowest BCUT2D eigenvalue weighted by Crippen LogP contribution is -2.72. The van der Waals surface area contributed by atoms with Gasteiger partial charge in [-0.1, -0.05) is 12.1 Å². The number of pyridine rings is 1. The van der Waals surface area contributed by atoms with Gasteiger partial charge in [0.25, 0.3) is 0 Å². The molecular weight excluding hydrogens is 488 g/mol. The fourth-order valence-corrected chi connectivity index (χ4v) is 6.56. The maximum absolute atomic E-state index is 13.6. The molecule has 5 heterocycles. The highest BCUT2D eigenvalue weighted by atomic mass is 32.1. The molecule has 196 valence electrons. The number of thiazole rings is 1. The van der Waals surface area contributed by atoms with Gasteiger partial charge in [0.1, 0.15) is 28.8 Å². The smallest absolute Gasteiger partial charge is 0.235 e. The summed E-state index contributed by atoms with van der Waals surface area (Å²) in [4.78, 5) is 27.6. The molecule has 2 aromatic heterocycles. The molecule has 3 aliphatic rings. The predicted octanol–water partition coefficient (Wildman–Crippen LogP) is 1.28. The Morgan fingerprint density at radius 3 is 2.81 bits per heavy atom. The second kappa shape index (κ2) is 10.9. The highest BCUT2D eigenvalue weighted by Crippen LogP contribution is 2.31. The molecule has 3 aromatic rings. The van der Waals surface area contributed by atoms with E-state index in [1.807, 2.05) is 30.3 Å². The number of hydrogen-bond acceptors (Lipinski definition) is 10. The number of aromatic nitrogens is 2. The van der Waals surface area contributed by atoms with Crippen LogP contribution in [0.15, 0.2) is 42.6 Å². The number of nitrogens with one attached hydrogen (secondary N) is 4. The minimum Gasteiger partial charge on any atom is -0.497 e. The number of methoxy groups -OCH3 is 1. The van der Waals surface area contributed by atoms with E-state index in [9.17, 15) is 4.79 Å². The van der Waals surface area contributed by atoms with Crippen molar-refractivity contribution in [2.24, 2.45) is 0 Å². The molecule has 3 aliphatic heterocycles. The van der Waals surface area contributed by atoms with Gasteiger partial charge >= 0.3 is 0 Å². The van der Waals surface area contributed by atoms with Gasteiger partial charge in [-0.05, 0) is 37.6 Å². The molecule has 0 spiro atoms. The van der Waals surface area contributed by atoms with E-state index in [4.69, 9.17) is 9.72 Å². The summed E-state index contributed by atoms with van der Waals surface area (Å²) in [6.45, 7) is 5.21. The van der Waals surface area contributed by atoms with Crippen molar-refractivity contribution < 1.29 is 9.53 Å². The van der Waals surface area contributed by atoms with Gasteiger partial charge in [0, 0.05) is 51.0 Å². The predicted molar refractivity (Wildman–Crippen MR) is 145 cm³/mol. The van der Waals surface area contributed by atoms with E-state index >= 15 is 0 Å². The van der Waals surface area contributed by atoms with Crippen LogP contribution in [0.2, 0.25) is 0 Å². The van der Waals surface area contributed by atoms with Crippen LogP contribution in [0, 0.1) is 0 Å². The molecule has 0 radical (unpaired) electrons. The molecule has 10 nitrogen and oxygen atoms in total. The molecule has 1 amide bonds. The van der Waals surface area contributed by atoms with Gasteiger partial charge in [-0.2, -0.15) is 0 Å². The number of piperidine rings is 1. The van der Waals surface area contributed by atoms with Crippen molar-refractivity contribution in [1.82, 2.24) is 36.1 Å². The van der Waals surface area contributed by atoms with Crippen LogP contribution < -0.4 is 30.9 Å². The largest absolute Gasteiger partial charge is 0.497 e. The Morgan fingerprint density at radius 2 is 2.03 bits per heavy atom. The van der Waals surface area contributed by atoms with Crippen molar-refractivity contribution in [3.05, 3.63) is 47.6 Å². The summed E-state index contributed by atoms with van der Waals surface area (Å²) in [6, 6.07) is 12.2. The van der Waals surface area contributed by atoms with Gasteiger partial charge in [-0.15, -0.1) is 11.3 Å². The molecule has 0 aliphatic carbocycles. The van der Waals surface area contributed by atoms with Gasteiger partial charge in [-0.3, -0.25) is 20.3 Å². The van der Waals surface area contributed by atoms with Crippen LogP contribution in [0.1, 0.15) is 23.8 Å². The number of piperazine rings is 1. The summed E-state index contributed by atoms with van der Waals surface area (Å²) in [5, 5.41) is 15.1. The summed E-state index contributed by atoms with van der Waals surface area (Å²) in [5.74, 6) is 1.35. The van der Waals surface area contributed by atoms with Crippen LogP contribution in [0.3, 0.4) is 0 Å². The van der Waals surface area contributed by atoms with E-state index in [1.165, 1.54) is 0 Å². The molecule has 0 saturated carbocycles. The summed E-state index contributed by atoms with van der Waals surface area (Å²) < 4.78 is 6.47. The first-order valence-electron chi connectivity index (χ1n) is 13.1. The van der Waals surface area contributed by atoms with Gasteiger partial charge in [0.2, 0.25) is 5.91 Å². The van der Waals surface area contributed by atoms with Crippen LogP contribution >= 0.6 is 11.3 Å². The van der Waals surface area contributed by atoms with Crippen molar-refractivity contribution in [2.75, 3.05) is 51.3 Å². The van der Waals surface area contributed by atoms with Gasteiger partial charge in [0.15, 0.2) is 0 Å². The number of carbonyl (C=O) groups excluding carboxylic acids is 1. The van der Waals surface area contributed by atoms with Crippen LogP contribution in [-0.4, -0.2) is 85.7 Å². The SMILES string of the molecule is COc1ccnc(N2CCN(C3NC(=O)C(c4nc5ccccc5s4)C(N[C@@H]4CCCNC4)N3)CC2)c1. The maximum atomic E-state index is 13.6. The zero-order valence-corrected chi connectivity index (χ0v) is 21.8. The quantitative estimate of drug-likeness (QED) is 0.381. The molecular formula is C26H34N8O2S. The Labute approximate surface area is 220 Å². The van der Waals surface area contributed by atoms with E-state index in [0.29, 0.717) is 6.04 Å². The molecule has 4 atom stereocenters. The zero-order chi connectivity index (χ0) is 25.2. The van der Waals surface area contributed by atoms with E-state index in [-0.39, 0.29) is 18.4 Å². The number of para-hydroxylation sites is 1. The first kappa shape index (κ1) is 24.5. The molecule has 3 unspecified atom stereocenters. The third-order valence-corrected chi connectivity index (χ3v) is 8.60. The van der Waals surface area contributed by atoms with E-state index in [0.717, 1.165) is 78.9 Å². The highest BCUT2D eigenvalue weighted by molar-refractivity contribution is 7.18. The van der Waals surface area contributed by atoms with E-state index in [1.54, 1.807) is 24.6 Å². The number of carbonyl (C=O) groups is 1. The van der Waals surface area contributed by atoms with Crippen molar-refractivity contribution in [1.29, 1.82) is 0 Å². The first-order valence-corrected chi connectivity index (χ1v) is 13.9. The lowest BCUT2D eigenvalue weighted by atomic mass is 10.00. The molecule has 0 bridgehead atoms. The number of amides is 1. The Hall–Kier alpha value is -2.83. The topological polar surface area (TPSA) is 107 Å². The Bertz CT molecular complexity index is 1190. The average molecular weight is 523 g/mol. The number of rotatable bonds is 6. The van der Waals surface area contributed by atoms with Crippen molar-refractivity contribution in [3.63, 3.8) is 0 Å². The lowest BCUT2D eigenvalue weighted by Gasteiger charge is -2.46. The Kier molecular flexibility index (Phi) is 7.21. The van der Waals surface area contributed by atoms with Gasteiger partial charge < -0.3 is 20.3 Å². The number of ether oxygens (including phenoxy) is 1. The van der Waals surface area contributed by atoms with Crippen LogP contribution in [0.4, 0.5) is 5.82 Å². The fourth-order valence-electron chi connectivity index (χ4n) is 5.46. The minimum atomic E-state index is -0.391. The van der Waals surface area contributed by atoms with Crippen LogP contribution in [0.25, 0.3) is 10.2 Å². The third kappa shape index (κ3) is 5.27. The molecule has 11 heteroatoms. The second-order valence-electron chi connectivity index (χ2n) is 9.84. The molecule has 3 fully saturated rings. The maximum Gasteiger partial charge on any atom is 0.235 e. The molecule has 4 N–H and O–H groups in total. The Morgan fingerprint density at radius 1 is 1.16 bits per heavy atom. The van der Waals surface area contributed by atoms with Crippen molar-refractivity contribution in [3.8, 4) is 5.75 Å². The molecule has 6 rings (SSSR count). The normalized spacial score (nSPS) is 27.3. The van der Waals surface area contributed by atoms with E-state index in [2.05, 4.69) is 42.1 Å². The van der Waals surface area contributed by atoms with Crippen LogP contribution in [-0.2, 0) is 4.79 Å². The summed E-state index contributed by atoms with van der Waals surface area (Å²) in [7, 11) is 1.67. The van der Waals surface area contributed by atoms with E-state index < -0.39 is 5.92 Å². The summed E-state index contributed by atoms with van der Waals surface area (Å²) >= 11 is 1.61. The lowest BCUT2D eigenvalue weighted by molar-refractivity contribution is -0.129. The molecule has 1 aromatic carbocycles.